The third-order valence-corrected chi connectivity index (χ3v) is 4.10. The summed E-state index contributed by atoms with van der Waals surface area (Å²) in [5, 5.41) is 5.26. The molecule has 0 radical (unpaired) electrons. The Morgan fingerprint density at radius 3 is 3.00 bits per heavy atom. The molecule has 0 fully saturated rings. The number of nitrogens with zero attached hydrogens (tertiary/aromatic N) is 1. The van der Waals surface area contributed by atoms with Gasteiger partial charge in [0.2, 0.25) is 11.9 Å². The highest BCUT2D eigenvalue weighted by Gasteiger charge is 2.20. The van der Waals surface area contributed by atoms with Gasteiger partial charge in [0.05, 0.1) is 18.8 Å². The van der Waals surface area contributed by atoms with Crippen LogP contribution in [0.4, 0.5) is 20.6 Å². The number of aromatic nitrogens is 2. The zero-order chi connectivity index (χ0) is 19.4. The van der Waals surface area contributed by atoms with Gasteiger partial charge in [0.1, 0.15) is 11.5 Å². The topological polar surface area (TPSA) is 122 Å². The molecular formula is C18H20FN5O3. The van der Waals surface area contributed by atoms with Crippen molar-refractivity contribution < 1.29 is 18.7 Å². The number of imidazole rings is 1. The van der Waals surface area contributed by atoms with Crippen LogP contribution >= 0.6 is 0 Å². The van der Waals surface area contributed by atoms with E-state index in [-0.39, 0.29) is 18.0 Å². The highest BCUT2D eigenvalue weighted by molar-refractivity contribution is 5.97. The number of aromatic amines is 1. The minimum Gasteiger partial charge on any atom is -0.453 e. The van der Waals surface area contributed by atoms with Gasteiger partial charge in [-0.2, -0.15) is 4.39 Å². The molecule has 1 aromatic heterocycles. The average Bonchev–Trinajstić information content (AvgIpc) is 3.02. The Labute approximate surface area is 155 Å². The maximum atomic E-state index is 14.5. The predicted molar refractivity (Wildman–Crippen MR) is 98.6 cm³/mol. The van der Waals surface area contributed by atoms with Crippen molar-refractivity contribution in [1.82, 2.24) is 9.97 Å². The van der Waals surface area contributed by atoms with Crippen LogP contribution in [0, 0.1) is 5.95 Å². The van der Waals surface area contributed by atoms with Crippen LogP contribution in [-0.4, -0.2) is 29.1 Å². The fourth-order valence-corrected chi connectivity index (χ4v) is 2.72. The van der Waals surface area contributed by atoms with Gasteiger partial charge in [-0.25, -0.2) is 9.78 Å². The molecule has 1 aliphatic heterocycles. The first kappa shape index (κ1) is 18.6. The number of carbonyl (C=O) groups is 2. The van der Waals surface area contributed by atoms with E-state index >= 15 is 0 Å². The minimum absolute atomic E-state index is 0.0450. The number of ether oxygens (including phenoxy) is 1. The molecule has 8 nitrogen and oxygen atoms in total. The molecule has 0 saturated heterocycles. The lowest BCUT2D eigenvalue weighted by atomic mass is 10.1. The molecule has 0 saturated carbocycles. The summed E-state index contributed by atoms with van der Waals surface area (Å²) in [7, 11) is 1.24. The highest BCUT2D eigenvalue weighted by Crippen LogP contribution is 2.32. The Hall–Kier alpha value is -3.20. The third kappa shape index (κ3) is 4.32. The molecule has 5 N–H and O–H groups in total. The summed E-state index contributed by atoms with van der Waals surface area (Å²) in [5.41, 5.74) is 7.18. The largest absolute Gasteiger partial charge is 0.453 e. The van der Waals surface area contributed by atoms with Crippen LogP contribution in [0.25, 0.3) is 11.3 Å². The number of amides is 2. The number of H-pyrrole nitrogens is 1. The first-order chi connectivity index (χ1) is 13.0. The normalized spacial score (nSPS) is 18.2. The first-order valence-corrected chi connectivity index (χ1v) is 8.43. The van der Waals surface area contributed by atoms with Gasteiger partial charge in [-0.1, -0.05) is 12.2 Å². The number of hydrogen-bond donors (Lipinski definition) is 4. The number of anilines is 2. The van der Waals surface area contributed by atoms with Gasteiger partial charge in [-0.15, -0.1) is 0 Å². The molecule has 1 aromatic carbocycles. The number of nitrogens with one attached hydrogen (secondary N) is 3. The Kier molecular flexibility index (Phi) is 5.51. The minimum atomic E-state index is -0.657. The van der Waals surface area contributed by atoms with Crippen molar-refractivity contribution in [2.75, 3.05) is 17.7 Å². The fourth-order valence-electron chi connectivity index (χ4n) is 2.72. The fraction of sp³-hybridized carbons (Fsp3) is 0.278. The number of carbonyl (C=O) groups excluding carboxylic acids is 2. The maximum absolute atomic E-state index is 14.5. The van der Waals surface area contributed by atoms with Crippen molar-refractivity contribution in [3.8, 4) is 11.3 Å². The van der Waals surface area contributed by atoms with E-state index < -0.39 is 18.1 Å². The lowest BCUT2D eigenvalue weighted by Gasteiger charge is -2.12. The quantitative estimate of drug-likeness (QED) is 0.572. The highest BCUT2D eigenvalue weighted by atomic mass is 19.1. The number of hydrogen-bond acceptors (Lipinski definition) is 5. The molecule has 1 atom stereocenters. The predicted octanol–water partition coefficient (Wildman–Crippen LogP) is 3.07. The SMILES string of the molecule is COC(=O)Nc1ccc2c(c1)NC(=O)CC/C=C\C[C@H](N)c1nc-2c(F)[nH]1. The molecule has 27 heavy (non-hydrogen) atoms. The molecule has 0 unspecified atom stereocenters. The molecule has 0 aliphatic carbocycles. The van der Waals surface area contributed by atoms with Gasteiger partial charge < -0.3 is 20.8 Å². The summed E-state index contributed by atoms with van der Waals surface area (Å²) in [4.78, 5) is 30.5. The molecule has 142 valence electrons. The smallest absolute Gasteiger partial charge is 0.411 e. The molecular weight excluding hydrogens is 353 g/mol. The van der Waals surface area contributed by atoms with Gasteiger partial charge in [0, 0.05) is 17.7 Å². The summed E-state index contributed by atoms with van der Waals surface area (Å²) in [6.07, 6.45) is 4.33. The van der Waals surface area contributed by atoms with Gasteiger partial charge in [-0.3, -0.25) is 10.1 Å². The van der Waals surface area contributed by atoms with E-state index in [4.69, 9.17) is 5.73 Å². The summed E-state index contributed by atoms with van der Waals surface area (Å²) in [5.74, 6) is -0.568. The molecule has 9 heteroatoms. The number of allylic oxidation sites excluding steroid dienone is 1. The van der Waals surface area contributed by atoms with Crippen LogP contribution in [0.15, 0.2) is 30.4 Å². The summed E-state index contributed by atoms with van der Waals surface area (Å²) in [6, 6.07) is 4.16. The van der Waals surface area contributed by atoms with Crippen LogP contribution in [0.3, 0.4) is 0 Å². The zero-order valence-electron chi connectivity index (χ0n) is 14.7. The Morgan fingerprint density at radius 2 is 2.22 bits per heavy atom. The van der Waals surface area contributed by atoms with Crippen LogP contribution in [-0.2, 0) is 9.53 Å². The van der Waals surface area contributed by atoms with Crippen molar-refractivity contribution in [3.63, 3.8) is 0 Å². The number of rotatable bonds is 1. The number of nitrogens with two attached hydrogens (primary N) is 1. The summed E-state index contributed by atoms with van der Waals surface area (Å²) < 4.78 is 19.0. The van der Waals surface area contributed by atoms with Crippen LogP contribution in [0.1, 0.15) is 31.1 Å². The van der Waals surface area contributed by atoms with Crippen LogP contribution in [0.2, 0.25) is 0 Å². The average molecular weight is 373 g/mol. The zero-order valence-corrected chi connectivity index (χ0v) is 14.7. The van der Waals surface area contributed by atoms with E-state index in [9.17, 15) is 14.0 Å². The monoisotopic (exact) mass is 373 g/mol. The lowest BCUT2D eigenvalue weighted by molar-refractivity contribution is -0.116. The third-order valence-electron chi connectivity index (χ3n) is 4.10. The molecule has 2 bridgehead atoms. The van der Waals surface area contributed by atoms with Crippen molar-refractivity contribution >= 4 is 23.4 Å². The van der Waals surface area contributed by atoms with Crippen molar-refractivity contribution in [1.29, 1.82) is 0 Å². The summed E-state index contributed by atoms with van der Waals surface area (Å²) >= 11 is 0. The lowest BCUT2D eigenvalue weighted by Crippen LogP contribution is -2.14. The van der Waals surface area contributed by atoms with E-state index in [0.717, 1.165) is 0 Å². The Bertz CT molecular complexity index is 893. The molecule has 0 spiro atoms. The molecule has 1 aliphatic rings. The van der Waals surface area contributed by atoms with Gasteiger partial charge in [-0.05, 0) is 31.0 Å². The maximum Gasteiger partial charge on any atom is 0.411 e. The van der Waals surface area contributed by atoms with Crippen LogP contribution < -0.4 is 16.4 Å². The Balaban J connectivity index is 2.06. The number of halogens is 1. The second kappa shape index (κ2) is 8.00. The second-order valence-corrected chi connectivity index (χ2v) is 6.06. The van der Waals surface area contributed by atoms with Crippen LogP contribution in [0.5, 0.6) is 0 Å². The molecule has 2 amide bonds. The van der Waals surface area contributed by atoms with Crippen molar-refractivity contribution in [3.05, 3.63) is 42.1 Å². The second-order valence-electron chi connectivity index (χ2n) is 6.06. The summed E-state index contributed by atoms with van der Waals surface area (Å²) in [6.45, 7) is 0. The first-order valence-electron chi connectivity index (χ1n) is 8.43. The van der Waals surface area contributed by atoms with Gasteiger partial charge in [0.25, 0.3) is 0 Å². The van der Waals surface area contributed by atoms with E-state index in [2.05, 4.69) is 25.3 Å². The number of methoxy groups -OCH3 is 1. The molecule has 3 rings (SSSR count). The molecule has 2 aromatic rings. The standard InChI is InChI=1S/C18H20FN5O3/c1-27-18(26)21-10-7-8-11-13(9-10)22-14(25)6-4-2-3-5-12(20)17-23-15(11)16(19)24-17/h2-3,7-9,12H,4-6,20H2,1H3,(H,21,26)(H,22,25)(H,23,24)/b3-2-/t12-/m0/s1. The van der Waals surface area contributed by atoms with E-state index in [1.165, 1.54) is 13.2 Å². The number of benzene rings is 1. The van der Waals surface area contributed by atoms with Gasteiger partial charge in [0.15, 0.2) is 0 Å². The van der Waals surface area contributed by atoms with E-state index in [1.54, 1.807) is 12.1 Å². The van der Waals surface area contributed by atoms with E-state index in [1.807, 2.05) is 12.2 Å². The number of fused-ring (bicyclic) bond motifs is 4. The van der Waals surface area contributed by atoms with Crippen molar-refractivity contribution in [2.24, 2.45) is 5.73 Å². The molecule has 2 heterocycles. The van der Waals surface area contributed by atoms with Gasteiger partial charge >= 0.3 is 6.09 Å². The van der Waals surface area contributed by atoms with E-state index in [0.29, 0.717) is 35.6 Å². The Morgan fingerprint density at radius 1 is 1.41 bits per heavy atom. The van der Waals surface area contributed by atoms with Crippen molar-refractivity contribution in [2.45, 2.75) is 25.3 Å².